The van der Waals surface area contributed by atoms with Gasteiger partial charge in [0.05, 0.1) is 10.7 Å². The maximum atomic E-state index is 6.39. The third-order valence-corrected chi connectivity index (χ3v) is 7.09. The van der Waals surface area contributed by atoms with Gasteiger partial charge in [0.2, 0.25) is 0 Å². The van der Waals surface area contributed by atoms with E-state index in [1.54, 1.807) is 0 Å². The highest BCUT2D eigenvalue weighted by Gasteiger charge is 2.47. The second-order valence-corrected chi connectivity index (χ2v) is 8.57. The lowest BCUT2D eigenvalue weighted by Gasteiger charge is -2.45. The molecule has 26 heavy (non-hydrogen) atoms. The van der Waals surface area contributed by atoms with E-state index in [0.29, 0.717) is 5.25 Å². The molecule has 1 atom stereocenters. The second-order valence-electron chi connectivity index (χ2n) is 7.07. The van der Waals surface area contributed by atoms with E-state index in [-0.39, 0.29) is 5.41 Å². The molecule has 0 N–H and O–H groups in total. The highest BCUT2D eigenvalue weighted by atomic mass is 35.5. The zero-order chi connectivity index (χ0) is 18.1. The van der Waals surface area contributed by atoms with E-state index >= 15 is 0 Å². The minimum Gasteiger partial charge on any atom is -0.246 e. The molecule has 0 saturated carbocycles. The number of benzene rings is 3. The van der Waals surface area contributed by atoms with E-state index in [4.69, 9.17) is 16.6 Å². The van der Waals surface area contributed by atoms with Crippen molar-refractivity contribution in [2.45, 2.75) is 19.1 Å². The number of aliphatic imine (C=N–C) groups is 1. The Bertz CT molecular complexity index is 945. The van der Waals surface area contributed by atoms with Crippen LogP contribution < -0.4 is 0 Å². The Hall–Kier alpha value is -2.03. The molecule has 130 valence electrons. The first-order chi connectivity index (χ1) is 12.6. The summed E-state index contributed by atoms with van der Waals surface area (Å²) in [5, 5.41) is 2.35. The molecular formula is C23H20ClNS. The van der Waals surface area contributed by atoms with E-state index in [9.17, 15) is 0 Å². The van der Waals surface area contributed by atoms with Crippen molar-refractivity contribution in [3.63, 3.8) is 0 Å². The van der Waals surface area contributed by atoms with Crippen molar-refractivity contribution in [2.75, 3.05) is 0 Å². The molecule has 0 amide bonds. The summed E-state index contributed by atoms with van der Waals surface area (Å²) in [6.45, 7) is 4.49. The van der Waals surface area contributed by atoms with E-state index in [1.165, 1.54) is 16.7 Å². The van der Waals surface area contributed by atoms with Gasteiger partial charge in [0.15, 0.2) is 0 Å². The van der Waals surface area contributed by atoms with Gasteiger partial charge in [0, 0.05) is 15.7 Å². The van der Waals surface area contributed by atoms with Crippen molar-refractivity contribution < 1.29 is 0 Å². The van der Waals surface area contributed by atoms with E-state index in [0.717, 1.165) is 15.8 Å². The van der Waals surface area contributed by atoms with Crippen LogP contribution in [0.25, 0.3) is 11.1 Å². The monoisotopic (exact) mass is 377 g/mol. The van der Waals surface area contributed by atoms with Gasteiger partial charge >= 0.3 is 0 Å². The van der Waals surface area contributed by atoms with Crippen LogP contribution in [-0.2, 0) is 0 Å². The van der Waals surface area contributed by atoms with Gasteiger partial charge in [-0.2, -0.15) is 0 Å². The maximum absolute atomic E-state index is 6.39. The molecule has 3 aromatic carbocycles. The molecule has 1 saturated heterocycles. The highest BCUT2D eigenvalue weighted by Crippen LogP contribution is 2.59. The van der Waals surface area contributed by atoms with Crippen molar-refractivity contribution in [3.05, 3.63) is 89.4 Å². The summed E-state index contributed by atoms with van der Waals surface area (Å²) in [5.41, 5.74) is 4.63. The van der Waals surface area contributed by atoms with Crippen LogP contribution in [0.3, 0.4) is 0 Å². The van der Waals surface area contributed by atoms with Crippen molar-refractivity contribution >= 4 is 34.1 Å². The molecule has 3 aromatic rings. The Morgan fingerprint density at radius 2 is 1.42 bits per heavy atom. The first-order valence-corrected chi connectivity index (χ1v) is 9.97. The summed E-state index contributed by atoms with van der Waals surface area (Å²) in [7, 11) is 0. The van der Waals surface area contributed by atoms with Crippen LogP contribution in [0.5, 0.6) is 0 Å². The first kappa shape index (κ1) is 17.4. The van der Waals surface area contributed by atoms with Crippen molar-refractivity contribution in [1.82, 2.24) is 0 Å². The Morgan fingerprint density at radius 1 is 0.808 bits per heavy atom. The molecule has 0 radical (unpaired) electrons. The van der Waals surface area contributed by atoms with Crippen LogP contribution in [-0.4, -0.2) is 5.04 Å². The molecule has 0 spiro atoms. The number of hydrogen-bond acceptors (Lipinski definition) is 2. The van der Waals surface area contributed by atoms with E-state index in [1.807, 2.05) is 30.0 Å². The SMILES string of the molecule is CC1(C)C(=Nc2ccc(-c3ccccc3)cc2)SC1c1ccccc1Cl. The Labute approximate surface area is 164 Å². The van der Waals surface area contributed by atoms with Crippen LogP contribution in [0.15, 0.2) is 83.9 Å². The topological polar surface area (TPSA) is 12.4 Å². The van der Waals surface area contributed by atoms with Crippen LogP contribution in [0, 0.1) is 5.41 Å². The normalized spacial score (nSPS) is 20.0. The minimum absolute atomic E-state index is 0.00619. The standard InChI is InChI=1S/C23H20ClNS/c1-23(2)21(19-10-6-7-11-20(19)24)26-22(23)25-18-14-12-17(13-15-18)16-8-4-3-5-9-16/h3-15,21H,1-2H3. The number of halogens is 1. The highest BCUT2D eigenvalue weighted by molar-refractivity contribution is 8.16. The van der Waals surface area contributed by atoms with Gasteiger partial charge < -0.3 is 0 Å². The zero-order valence-electron chi connectivity index (χ0n) is 14.8. The van der Waals surface area contributed by atoms with E-state index < -0.39 is 0 Å². The molecule has 1 fully saturated rings. The lowest BCUT2D eigenvalue weighted by Crippen LogP contribution is -2.38. The van der Waals surface area contributed by atoms with Crippen molar-refractivity contribution in [3.8, 4) is 11.1 Å². The van der Waals surface area contributed by atoms with Gasteiger partial charge in [-0.3, -0.25) is 0 Å². The second kappa shape index (κ2) is 6.94. The summed E-state index contributed by atoms with van der Waals surface area (Å²) in [6.07, 6.45) is 0. The summed E-state index contributed by atoms with van der Waals surface area (Å²) in [6, 6.07) is 27.0. The van der Waals surface area contributed by atoms with E-state index in [2.05, 4.69) is 74.5 Å². The number of nitrogens with zero attached hydrogens (tertiary/aromatic N) is 1. The van der Waals surface area contributed by atoms with Gasteiger partial charge in [-0.1, -0.05) is 86.1 Å². The lowest BCUT2D eigenvalue weighted by molar-refractivity contribution is 0.497. The van der Waals surface area contributed by atoms with Gasteiger partial charge in [-0.15, -0.1) is 11.8 Å². The molecule has 4 rings (SSSR count). The molecule has 0 aromatic heterocycles. The molecule has 1 aliphatic rings. The Morgan fingerprint density at radius 3 is 2.08 bits per heavy atom. The fraction of sp³-hybridized carbons (Fsp3) is 0.174. The average molecular weight is 378 g/mol. The number of hydrogen-bond donors (Lipinski definition) is 0. The average Bonchev–Trinajstić information content (AvgIpc) is 2.67. The lowest BCUT2D eigenvalue weighted by atomic mass is 9.84. The third kappa shape index (κ3) is 3.20. The van der Waals surface area contributed by atoms with Gasteiger partial charge in [0.25, 0.3) is 0 Å². The fourth-order valence-corrected chi connectivity index (χ4v) is 4.92. The summed E-state index contributed by atoms with van der Waals surface area (Å²) >= 11 is 8.20. The maximum Gasteiger partial charge on any atom is 0.0815 e. The zero-order valence-corrected chi connectivity index (χ0v) is 16.4. The molecule has 1 nitrogen and oxygen atoms in total. The third-order valence-electron chi connectivity index (χ3n) is 4.83. The van der Waals surface area contributed by atoms with Crippen LogP contribution in [0.2, 0.25) is 5.02 Å². The predicted molar refractivity (Wildman–Crippen MR) is 115 cm³/mol. The van der Waals surface area contributed by atoms with Crippen molar-refractivity contribution in [1.29, 1.82) is 0 Å². The van der Waals surface area contributed by atoms with Gasteiger partial charge in [-0.05, 0) is 34.9 Å². The largest absolute Gasteiger partial charge is 0.246 e. The Balaban J connectivity index is 1.55. The van der Waals surface area contributed by atoms with Crippen LogP contribution in [0.4, 0.5) is 5.69 Å². The number of rotatable bonds is 3. The molecule has 1 unspecified atom stereocenters. The molecule has 1 heterocycles. The molecule has 3 heteroatoms. The van der Waals surface area contributed by atoms with Gasteiger partial charge in [-0.25, -0.2) is 4.99 Å². The molecule has 0 bridgehead atoms. The van der Waals surface area contributed by atoms with Crippen LogP contribution in [0.1, 0.15) is 24.7 Å². The van der Waals surface area contributed by atoms with Crippen molar-refractivity contribution in [2.24, 2.45) is 10.4 Å². The molecule has 1 aliphatic heterocycles. The predicted octanol–water partition coefficient (Wildman–Crippen LogP) is 7.55. The molecular weight excluding hydrogens is 358 g/mol. The Kier molecular flexibility index (Phi) is 4.64. The summed E-state index contributed by atoms with van der Waals surface area (Å²) in [4.78, 5) is 4.89. The minimum atomic E-state index is -0.00619. The van der Waals surface area contributed by atoms with Gasteiger partial charge in [0.1, 0.15) is 0 Å². The summed E-state index contributed by atoms with van der Waals surface area (Å²) in [5.74, 6) is 0. The van der Waals surface area contributed by atoms with Crippen LogP contribution >= 0.6 is 23.4 Å². The summed E-state index contributed by atoms with van der Waals surface area (Å²) < 4.78 is 0. The first-order valence-electron chi connectivity index (χ1n) is 8.71. The smallest absolute Gasteiger partial charge is 0.0815 e. The number of thioether (sulfide) groups is 1. The fourth-order valence-electron chi connectivity index (χ4n) is 3.25. The quantitative estimate of drug-likeness (QED) is 0.458. The molecule has 0 aliphatic carbocycles.